The van der Waals surface area contributed by atoms with Crippen molar-refractivity contribution >= 4 is 35.2 Å². The first-order valence-electron chi connectivity index (χ1n) is 10.7. The molecule has 3 heterocycles. The number of aliphatic imine (C=N–C) groups is 1. The van der Waals surface area contributed by atoms with E-state index in [1.807, 2.05) is 36.6 Å². The number of ether oxygens (including phenoxy) is 1. The molecule has 0 spiro atoms. The summed E-state index contributed by atoms with van der Waals surface area (Å²) >= 11 is 3.34. The molecule has 2 aliphatic rings. The van der Waals surface area contributed by atoms with E-state index in [4.69, 9.17) is 19.7 Å². The molecule has 164 valence electrons. The van der Waals surface area contributed by atoms with Gasteiger partial charge in [-0.15, -0.1) is 11.8 Å². The number of anilines is 1. The van der Waals surface area contributed by atoms with Crippen molar-refractivity contribution in [3.63, 3.8) is 0 Å². The highest BCUT2D eigenvalue weighted by molar-refractivity contribution is 7.99. The predicted octanol–water partition coefficient (Wildman–Crippen LogP) is 5.09. The molecule has 0 aliphatic carbocycles. The fraction of sp³-hybridized carbons (Fsp3) is 0.409. The highest BCUT2D eigenvalue weighted by atomic mass is 32.2. The summed E-state index contributed by atoms with van der Waals surface area (Å²) in [5.41, 5.74) is 4.32. The molecule has 0 fully saturated rings. The molecule has 2 aromatic rings. The third kappa shape index (κ3) is 4.93. The molecule has 1 aromatic carbocycles. The number of amidine groups is 1. The van der Waals surface area contributed by atoms with Crippen LogP contribution in [0.15, 0.2) is 57.6 Å². The highest BCUT2D eigenvalue weighted by Crippen LogP contribution is 2.35. The molecule has 1 atom stereocenters. The van der Waals surface area contributed by atoms with E-state index in [9.17, 15) is 0 Å². The van der Waals surface area contributed by atoms with E-state index in [-0.39, 0.29) is 6.17 Å². The molecular formula is C22H28N6OS2. The van der Waals surface area contributed by atoms with Crippen molar-refractivity contribution < 1.29 is 4.74 Å². The van der Waals surface area contributed by atoms with Crippen molar-refractivity contribution in [1.82, 2.24) is 20.4 Å². The lowest BCUT2D eigenvalue weighted by atomic mass is 10.1. The summed E-state index contributed by atoms with van der Waals surface area (Å²) in [6.45, 7) is 4.38. The van der Waals surface area contributed by atoms with Gasteiger partial charge in [-0.3, -0.25) is 5.43 Å². The van der Waals surface area contributed by atoms with E-state index >= 15 is 0 Å². The number of hydrazine groups is 1. The van der Waals surface area contributed by atoms with Crippen LogP contribution in [0.4, 0.5) is 5.82 Å². The Bertz CT molecular complexity index is 966. The van der Waals surface area contributed by atoms with Crippen molar-refractivity contribution in [3.8, 4) is 5.75 Å². The van der Waals surface area contributed by atoms with Crippen molar-refractivity contribution in [2.45, 2.75) is 55.9 Å². The largest absolute Gasteiger partial charge is 0.461 e. The van der Waals surface area contributed by atoms with Gasteiger partial charge in [-0.2, -0.15) is 0 Å². The summed E-state index contributed by atoms with van der Waals surface area (Å²) in [7, 11) is 0. The standard InChI is InChI=1S/C22H28N6OS2/c1-4-6-13-31-22-25-19-18(21(26-22)30-3)20-23-16(14-29-15-11-8-7-9-12-15)27-28(20)17(24-19)10-5-2/h7-9,11-12,14,17,27H,4-6,10,13H2,1-3H3,(H,24,25,26). The zero-order valence-corrected chi connectivity index (χ0v) is 19.7. The molecule has 4 rings (SSSR count). The van der Waals surface area contributed by atoms with Gasteiger partial charge < -0.3 is 10.1 Å². The fourth-order valence-corrected chi connectivity index (χ4v) is 4.95. The van der Waals surface area contributed by atoms with Gasteiger partial charge >= 0.3 is 0 Å². The molecular weight excluding hydrogens is 428 g/mol. The molecule has 2 aliphatic heterocycles. The summed E-state index contributed by atoms with van der Waals surface area (Å²) in [6, 6.07) is 9.69. The molecule has 0 saturated carbocycles. The Morgan fingerprint density at radius 1 is 1.16 bits per heavy atom. The van der Waals surface area contributed by atoms with E-state index in [0.29, 0.717) is 5.82 Å². The van der Waals surface area contributed by atoms with Crippen LogP contribution in [0, 0.1) is 0 Å². The number of benzene rings is 1. The van der Waals surface area contributed by atoms with Crippen molar-refractivity contribution in [3.05, 3.63) is 48.0 Å². The normalized spacial score (nSPS) is 18.2. The topological polar surface area (TPSA) is 74.7 Å². The van der Waals surface area contributed by atoms with E-state index in [0.717, 1.165) is 58.2 Å². The van der Waals surface area contributed by atoms with Gasteiger partial charge in [0, 0.05) is 5.75 Å². The van der Waals surface area contributed by atoms with Gasteiger partial charge in [-0.05, 0) is 31.2 Å². The zero-order valence-electron chi connectivity index (χ0n) is 18.1. The SMILES string of the molecule is CCCCSc1nc2c(c(SC)n1)C1=NC(=COc3ccccc3)NN1C(CCC)N2. The number of nitrogens with one attached hydrogen (secondary N) is 2. The number of unbranched alkanes of at least 4 members (excludes halogenated alkanes) is 1. The van der Waals surface area contributed by atoms with Crippen LogP contribution in [0.1, 0.15) is 45.1 Å². The van der Waals surface area contributed by atoms with Crippen molar-refractivity contribution in [2.75, 3.05) is 17.3 Å². The Kier molecular flexibility index (Phi) is 7.24. The maximum Gasteiger partial charge on any atom is 0.190 e. The molecule has 0 bridgehead atoms. The van der Waals surface area contributed by atoms with Crippen LogP contribution in [0.2, 0.25) is 0 Å². The third-order valence-electron chi connectivity index (χ3n) is 4.92. The molecule has 0 saturated heterocycles. The van der Waals surface area contributed by atoms with E-state index < -0.39 is 0 Å². The minimum Gasteiger partial charge on any atom is -0.461 e. The van der Waals surface area contributed by atoms with Crippen LogP contribution < -0.4 is 15.5 Å². The molecule has 1 aromatic heterocycles. The van der Waals surface area contributed by atoms with Crippen molar-refractivity contribution in [1.29, 1.82) is 0 Å². The van der Waals surface area contributed by atoms with Gasteiger partial charge in [-0.1, -0.05) is 56.7 Å². The Hall–Kier alpha value is -2.39. The van der Waals surface area contributed by atoms with Crippen LogP contribution in [0.25, 0.3) is 0 Å². The second-order valence-corrected chi connectivity index (χ2v) is 9.10. The lowest BCUT2D eigenvalue weighted by Gasteiger charge is -2.36. The molecule has 7 nitrogen and oxygen atoms in total. The molecule has 31 heavy (non-hydrogen) atoms. The number of hydrogen-bond acceptors (Lipinski definition) is 9. The summed E-state index contributed by atoms with van der Waals surface area (Å²) in [5.74, 6) is 4.15. The van der Waals surface area contributed by atoms with E-state index in [1.165, 1.54) is 6.42 Å². The fourth-order valence-electron chi connectivity index (χ4n) is 3.39. The van der Waals surface area contributed by atoms with Crippen LogP contribution in [-0.2, 0) is 0 Å². The van der Waals surface area contributed by atoms with Gasteiger partial charge in [0.15, 0.2) is 16.8 Å². The Morgan fingerprint density at radius 3 is 2.74 bits per heavy atom. The van der Waals surface area contributed by atoms with Gasteiger partial charge in [0.1, 0.15) is 29.0 Å². The number of para-hydroxylation sites is 1. The van der Waals surface area contributed by atoms with Gasteiger partial charge in [0.2, 0.25) is 0 Å². The smallest absolute Gasteiger partial charge is 0.190 e. The minimum atomic E-state index is 0.0528. The monoisotopic (exact) mass is 456 g/mol. The number of nitrogens with zero attached hydrogens (tertiary/aromatic N) is 4. The quantitative estimate of drug-likeness (QED) is 0.178. The van der Waals surface area contributed by atoms with E-state index in [1.54, 1.807) is 29.8 Å². The summed E-state index contributed by atoms with van der Waals surface area (Å²) in [4.78, 5) is 14.5. The van der Waals surface area contributed by atoms with Crippen molar-refractivity contribution in [2.24, 2.45) is 4.99 Å². The maximum absolute atomic E-state index is 5.79. The first-order valence-corrected chi connectivity index (χ1v) is 12.9. The van der Waals surface area contributed by atoms with Crippen LogP contribution in [0.3, 0.4) is 0 Å². The van der Waals surface area contributed by atoms with E-state index in [2.05, 4.69) is 29.6 Å². The van der Waals surface area contributed by atoms with Gasteiger partial charge in [-0.25, -0.2) is 20.0 Å². The molecule has 0 radical (unpaired) electrons. The van der Waals surface area contributed by atoms with Crippen LogP contribution in [0.5, 0.6) is 5.75 Å². The molecule has 9 heteroatoms. The summed E-state index contributed by atoms with van der Waals surface area (Å²) < 4.78 is 5.79. The molecule has 0 amide bonds. The Balaban J connectivity index is 1.66. The summed E-state index contributed by atoms with van der Waals surface area (Å²) in [6.07, 6.45) is 8.07. The number of thioether (sulfide) groups is 2. The number of aromatic nitrogens is 2. The number of rotatable bonds is 9. The molecule has 2 N–H and O–H groups in total. The molecule has 1 unspecified atom stereocenters. The predicted molar refractivity (Wildman–Crippen MR) is 128 cm³/mol. The average Bonchev–Trinajstić information content (AvgIpc) is 3.23. The van der Waals surface area contributed by atoms with Gasteiger partial charge in [0.25, 0.3) is 0 Å². The third-order valence-corrected chi connectivity index (χ3v) is 6.53. The zero-order chi connectivity index (χ0) is 21.6. The van der Waals surface area contributed by atoms with Crippen LogP contribution >= 0.6 is 23.5 Å². The lowest BCUT2D eigenvalue weighted by molar-refractivity contribution is 0.269. The highest BCUT2D eigenvalue weighted by Gasteiger charge is 2.37. The lowest BCUT2D eigenvalue weighted by Crippen LogP contribution is -2.52. The summed E-state index contributed by atoms with van der Waals surface area (Å²) in [5, 5.41) is 7.43. The minimum absolute atomic E-state index is 0.0528. The Morgan fingerprint density at radius 2 is 2.00 bits per heavy atom. The first kappa shape index (κ1) is 21.8. The maximum atomic E-state index is 5.79. The van der Waals surface area contributed by atoms with Gasteiger partial charge in [0.05, 0.1) is 5.56 Å². The average molecular weight is 457 g/mol. The second kappa shape index (κ2) is 10.3. The first-order chi connectivity index (χ1) is 15.2. The number of fused-ring (bicyclic) bond motifs is 3. The second-order valence-electron chi connectivity index (χ2n) is 7.24. The Labute approximate surface area is 192 Å². The van der Waals surface area contributed by atoms with Crippen LogP contribution in [-0.4, -0.2) is 39.0 Å². The number of hydrogen-bond donors (Lipinski definition) is 2.